The van der Waals surface area contributed by atoms with Crippen LogP contribution < -0.4 is 5.73 Å². The van der Waals surface area contributed by atoms with Crippen LogP contribution in [0.2, 0.25) is 0 Å². The van der Waals surface area contributed by atoms with E-state index in [1.54, 1.807) is 13.4 Å². The molecule has 0 radical (unpaired) electrons. The molecule has 7 heteroatoms. The first-order valence-corrected chi connectivity index (χ1v) is 7.27. The molecule has 2 aromatic rings. The van der Waals surface area contributed by atoms with Gasteiger partial charge in [0.25, 0.3) is 0 Å². The summed E-state index contributed by atoms with van der Waals surface area (Å²) in [6, 6.07) is 0.512. The van der Waals surface area contributed by atoms with Crippen molar-refractivity contribution >= 4 is 17.0 Å². The van der Waals surface area contributed by atoms with Crippen molar-refractivity contribution in [2.24, 2.45) is 0 Å². The average molecular weight is 292 g/mol. The molecule has 0 bridgehead atoms. The molecule has 0 aliphatic heterocycles. The van der Waals surface area contributed by atoms with Gasteiger partial charge in [-0.15, -0.1) is 0 Å². The molecular formula is C14H24N6O. The molecule has 2 aromatic heterocycles. The smallest absolute Gasteiger partial charge is 0.165 e. The number of nitrogens with two attached hydrogens (primary N) is 1. The Morgan fingerprint density at radius 1 is 1.29 bits per heavy atom. The lowest BCUT2D eigenvalue weighted by Gasteiger charge is -2.26. The molecule has 0 amide bonds. The molecule has 0 fully saturated rings. The summed E-state index contributed by atoms with van der Waals surface area (Å²) in [6.07, 6.45) is 4.29. The van der Waals surface area contributed by atoms with Crippen molar-refractivity contribution < 1.29 is 4.74 Å². The Morgan fingerprint density at radius 2 is 2.10 bits per heavy atom. The van der Waals surface area contributed by atoms with Gasteiger partial charge in [-0.05, 0) is 20.3 Å². The van der Waals surface area contributed by atoms with Gasteiger partial charge in [-0.1, -0.05) is 0 Å². The first-order chi connectivity index (χ1) is 10.1. The Balaban J connectivity index is 1.93. The lowest BCUT2D eigenvalue weighted by Crippen LogP contribution is -2.35. The summed E-state index contributed by atoms with van der Waals surface area (Å²) < 4.78 is 7.19. The Kier molecular flexibility index (Phi) is 5.46. The standard InChI is InChI=1S/C14H24N6O/c1-11(2)19(7-8-21-3)5-4-6-20-10-18-12-13(15)16-9-17-14(12)20/h9-11H,4-8H2,1-3H3,(H2,15,16,17). The summed E-state index contributed by atoms with van der Waals surface area (Å²) >= 11 is 0. The summed E-state index contributed by atoms with van der Waals surface area (Å²) in [5.74, 6) is 0.433. The molecular weight excluding hydrogens is 268 g/mol. The van der Waals surface area contributed by atoms with Crippen LogP contribution in [0.25, 0.3) is 11.2 Å². The second-order valence-electron chi connectivity index (χ2n) is 5.35. The van der Waals surface area contributed by atoms with Crippen molar-refractivity contribution in [2.45, 2.75) is 32.9 Å². The number of nitrogens with zero attached hydrogens (tertiary/aromatic N) is 5. The quantitative estimate of drug-likeness (QED) is 0.786. The van der Waals surface area contributed by atoms with Crippen LogP contribution in [-0.4, -0.2) is 57.3 Å². The minimum absolute atomic E-state index is 0.433. The maximum Gasteiger partial charge on any atom is 0.165 e. The van der Waals surface area contributed by atoms with E-state index in [9.17, 15) is 0 Å². The van der Waals surface area contributed by atoms with Gasteiger partial charge < -0.3 is 15.0 Å². The van der Waals surface area contributed by atoms with Gasteiger partial charge in [-0.25, -0.2) is 15.0 Å². The van der Waals surface area contributed by atoms with E-state index in [1.807, 2.05) is 4.57 Å². The van der Waals surface area contributed by atoms with Crippen LogP contribution in [0.5, 0.6) is 0 Å². The minimum Gasteiger partial charge on any atom is -0.383 e. The summed E-state index contributed by atoms with van der Waals surface area (Å²) in [5.41, 5.74) is 7.27. The number of hydrogen-bond donors (Lipinski definition) is 1. The van der Waals surface area contributed by atoms with E-state index >= 15 is 0 Å². The molecule has 2 rings (SSSR count). The van der Waals surface area contributed by atoms with Crippen LogP contribution in [0.1, 0.15) is 20.3 Å². The number of aryl methyl sites for hydroxylation is 1. The third-order valence-electron chi connectivity index (χ3n) is 3.59. The number of anilines is 1. The molecule has 0 saturated carbocycles. The monoisotopic (exact) mass is 292 g/mol. The molecule has 2 heterocycles. The highest BCUT2D eigenvalue weighted by Crippen LogP contribution is 2.14. The summed E-state index contributed by atoms with van der Waals surface area (Å²) in [5, 5.41) is 0. The number of aromatic nitrogens is 4. The summed E-state index contributed by atoms with van der Waals surface area (Å²) in [7, 11) is 1.74. The largest absolute Gasteiger partial charge is 0.383 e. The molecule has 0 aromatic carbocycles. The van der Waals surface area contributed by atoms with Crippen molar-refractivity contribution in [3.05, 3.63) is 12.7 Å². The zero-order valence-electron chi connectivity index (χ0n) is 13.0. The number of ether oxygens (including phenoxy) is 1. The van der Waals surface area contributed by atoms with Gasteiger partial charge in [0.1, 0.15) is 11.8 Å². The summed E-state index contributed by atoms with van der Waals surface area (Å²) in [6.45, 7) is 8.00. The molecule has 0 atom stereocenters. The Morgan fingerprint density at radius 3 is 2.81 bits per heavy atom. The normalized spacial score (nSPS) is 11.9. The topological polar surface area (TPSA) is 82.1 Å². The third-order valence-corrected chi connectivity index (χ3v) is 3.59. The van der Waals surface area contributed by atoms with Crippen LogP contribution >= 0.6 is 0 Å². The highest BCUT2D eigenvalue weighted by Gasteiger charge is 2.10. The number of imidazole rings is 1. The van der Waals surface area contributed by atoms with Crippen LogP contribution in [-0.2, 0) is 11.3 Å². The van der Waals surface area contributed by atoms with Crippen LogP contribution in [0.3, 0.4) is 0 Å². The molecule has 0 aliphatic carbocycles. The molecule has 0 spiro atoms. The fourth-order valence-electron chi connectivity index (χ4n) is 2.34. The van der Waals surface area contributed by atoms with E-state index < -0.39 is 0 Å². The van der Waals surface area contributed by atoms with E-state index in [0.717, 1.165) is 38.3 Å². The van der Waals surface area contributed by atoms with Crippen molar-refractivity contribution in [3.8, 4) is 0 Å². The minimum atomic E-state index is 0.433. The fourth-order valence-corrected chi connectivity index (χ4v) is 2.34. The predicted molar refractivity (Wildman–Crippen MR) is 82.9 cm³/mol. The van der Waals surface area contributed by atoms with Gasteiger partial charge in [0.05, 0.1) is 12.9 Å². The highest BCUT2D eigenvalue weighted by atomic mass is 16.5. The molecule has 2 N–H and O–H groups in total. The molecule has 7 nitrogen and oxygen atoms in total. The predicted octanol–water partition coefficient (Wildman–Crippen LogP) is 1.16. The first-order valence-electron chi connectivity index (χ1n) is 7.27. The van der Waals surface area contributed by atoms with Crippen molar-refractivity contribution in [1.29, 1.82) is 0 Å². The molecule has 0 unspecified atom stereocenters. The van der Waals surface area contributed by atoms with Gasteiger partial charge in [-0.2, -0.15) is 0 Å². The van der Waals surface area contributed by atoms with E-state index in [0.29, 0.717) is 17.4 Å². The molecule has 0 aliphatic rings. The SMILES string of the molecule is COCCN(CCCn1cnc2c(N)ncnc21)C(C)C. The van der Waals surface area contributed by atoms with Crippen molar-refractivity contribution in [2.75, 3.05) is 32.5 Å². The Bertz CT molecular complexity index is 568. The van der Waals surface area contributed by atoms with Gasteiger partial charge in [-0.3, -0.25) is 4.90 Å². The Labute approximate surface area is 125 Å². The van der Waals surface area contributed by atoms with Gasteiger partial charge >= 0.3 is 0 Å². The van der Waals surface area contributed by atoms with Crippen LogP contribution in [0, 0.1) is 0 Å². The second-order valence-corrected chi connectivity index (χ2v) is 5.35. The summed E-state index contributed by atoms with van der Waals surface area (Å²) in [4.78, 5) is 14.9. The van der Waals surface area contributed by atoms with E-state index in [2.05, 4.69) is 33.7 Å². The van der Waals surface area contributed by atoms with E-state index in [1.165, 1.54) is 6.33 Å². The number of rotatable bonds is 8. The van der Waals surface area contributed by atoms with Crippen LogP contribution in [0.4, 0.5) is 5.82 Å². The van der Waals surface area contributed by atoms with Crippen LogP contribution in [0.15, 0.2) is 12.7 Å². The molecule has 21 heavy (non-hydrogen) atoms. The second kappa shape index (κ2) is 7.33. The molecule has 0 saturated heterocycles. The zero-order chi connectivity index (χ0) is 15.2. The third kappa shape index (κ3) is 3.89. The number of nitrogen functional groups attached to an aromatic ring is 1. The van der Waals surface area contributed by atoms with Crippen molar-refractivity contribution in [1.82, 2.24) is 24.4 Å². The fraction of sp³-hybridized carbons (Fsp3) is 0.643. The van der Waals surface area contributed by atoms with Gasteiger partial charge in [0.2, 0.25) is 0 Å². The maximum atomic E-state index is 5.79. The Hall–Kier alpha value is -1.73. The van der Waals surface area contributed by atoms with Crippen molar-refractivity contribution in [3.63, 3.8) is 0 Å². The zero-order valence-corrected chi connectivity index (χ0v) is 13.0. The van der Waals surface area contributed by atoms with E-state index in [-0.39, 0.29) is 0 Å². The van der Waals surface area contributed by atoms with Gasteiger partial charge in [0.15, 0.2) is 11.5 Å². The number of hydrogen-bond acceptors (Lipinski definition) is 6. The lowest BCUT2D eigenvalue weighted by atomic mass is 10.3. The number of methoxy groups -OCH3 is 1. The number of fused-ring (bicyclic) bond motifs is 1. The van der Waals surface area contributed by atoms with Gasteiger partial charge in [0, 0.05) is 32.8 Å². The lowest BCUT2D eigenvalue weighted by molar-refractivity contribution is 0.128. The average Bonchev–Trinajstić information content (AvgIpc) is 2.87. The highest BCUT2D eigenvalue weighted by molar-refractivity contribution is 5.80. The maximum absolute atomic E-state index is 5.79. The first kappa shape index (κ1) is 15.7. The van der Waals surface area contributed by atoms with E-state index in [4.69, 9.17) is 10.5 Å². The molecule has 116 valence electrons.